The van der Waals surface area contributed by atoms with Gasteiger partial charge in [0.1, 0.15) is 0 Å². The summed E-state index contributed by atoms with van der Waals surface area (Å²) in [5.41, 5.74) is 7.53. The molecular formula is C30H40Cl2N6O4S2. The number of nitrogens with zero attached hydrogens (tertiary/aromatic N) is 4. The van der Waals surface area contributed by atoms with E-state index in [-0.39, 0.29) is 53.4 Å². The van der Waals surface area contributed by atoms with Gasteiger partial charge in [-0.3, -0.25) is 0 Å². The molecule has 14 heteroatoms. The lowest BCUT2D eigenvalue weighted by molar-refractivity contribution is 0.233. The quantitative estimate of drug-likeness (QED) is 0.282. The first-order valence-corrected chi connectivity index (χ1v) is 18.0. The maximum absolute atomic E-state index is 14.1. The van der Waals surface area contributed by atoms with Crippen molar-refractivity contribution in [3.63, 3.8) is 0 Å². The van der Waals surface area contributed by atoms with Crippen molar-refractivity contribution < 1.29 is 16.8 Å². The second-order valence-corrected chi connectivity index (χ2v) is 15.5. The fraction of sp³-hybridized carbons (Fsp3) is 0.467. The molecule has 2 aliphatic carbocycles. The van der Waals surface area contributed by atoms with Gasteiger partial charge in [0.25, 0.3) is 0 Å². The van der Waals surface area contributed by atoms with Crippen LogP contribution in [0.2, 0.25) is 5.02 Å². The van der Waals surface area contributed by atoms with Crippen molar-refractivity contribution in [2.24, 2.45) is 5.73 Å². The first-order valence-electron chi connectivity index (χ1n) is 14.7. The van der Waals surface area contributed by atoms with Crippen LogP contribution in [0.15, 0.2) is 70.6 Å². The Kier molecular flexibility index (Phi) is 11.7. The smallest absolute Gasteiger partial charge is 0.243 e. The Balaban J connectivity index is 0.00000442. The summed E-state index contributed by atoms with van der Waals surface area (Å²) in [6.07, 6.45) is 7.84. The van der Waals surface area contributed by atoms with Crippen LogP contribution in [0.1, 0.15) is 62.6 Å². The molecule has 2 aliphatic rings. The summed E-state index contributed by atoms with van der Waals surface area (Å²) in [5.74, 6) is 0.403. The molecule has 0 spiro atoms. The number of rotatable bonds is 11. The summed E-state index contributed by atoms with van der Waals surface area (Å²) in [6, 6.07) is 14.2. The van der Waals surface area contributed by atoms with Gasteiger partial charge in [-0.05, 0) is 86.6 Å². The summed E-state index contributed by atoms with van der Waals surface area (Å²) < 4.78 is 59.2. The number of hydrogen-bond acceptors (Lipinski definition) is 8. The minimum absolute atomic E-state index is 0. The van der Waals surface area contributed by atoms with Crippen LogP contribution < -0.4 is 11.1 Å². The van der Waals surface area contributed by atoms with E-state index in [9.17, 15) is 16.8 Å². The average Bonchev–Trinajstić information content (AvgIpc) is 3.55. The van der Waals surface area contributed by atoms with Gasteiger partial charge >= 0.3 is 0 Å². The molecule has 1 heterocycles. The van der Waals surface area contributed by atoms with Gasteiger partial charge in [-0.15, -0.1) is 12.4 Å². The van der Waals surface area contributed by atoms with Crippen molar-refractivity contribution in [2.45, 2.75) is 92.4 Å². The Bertz CT molecular complexity index is 1600. The van der Waals surface area contributed by atoms with E-state index in [0.29, 0.717) is 29.5 Å². The lowest BCUT2D eigenvalue weighted by Crippen LogP contribution is -2.44. The largest absolute Gasteiger partial charge is 0.357 e. The van der Waals surface area contributed by atoms with Crippen LogP contribution in [-0.2, 0) is 33.1 Å². The Morgan fingerprint density at radius 2 is 1.32 bits per heavy atom. The standard InChI is InChI=1S/C30H39ClN6O4S2.ClH/c1-33-30-34-19-18-25(35-30)21-37(27-12-10-24(32)11-13-27)43(40,41)29-16-14-28(15-17-29)42(38,39)36(26-4-2-3-5-26)20-22-6-8-23(31)9-7-22;/h6-9,14-19,24,26-27H,2-5,10-13,20-21,32H2,1H3,(H,33,34,35);1H. The molecule has 5 rings (SSSR count). The number of benzene rings is 2. The zero-order chi connectivity index (χ0) is 30.6. The lowest BCUT2D eigenvalue weighted by atomic mass is 9.92. The molecule has 0 bridgehead atoms. The molecule has 3 N–H and O–H groups in total. The summed E-state index contributed by atoms with van der Waals surface area (Å²) >= 11 is 6.05. The summed E-state index contributed by atoms with van der Waals surface area (Å²) in [4.78, 5) is 8.69. The van der Waals surface area contributed by atoms with Gasteiger partial charge in [0.2, 0.25) is 26.0 Å². The molecule has 0 saturated heterocycles. The van der Waals surface area contributed by atoms with Gasteiger partial charge in [0.05, 0.1) is 22.0 Å². The number of nitrogens with one attached hydrogen (secondary N) is 1. The number of anilines is 1. The van der Waals surface area contributed by atoms with Crippen molar-refractivity contribution in [1.82, 2.24) is 18.6 Å². The summed E-state index contributed by atoms with van der Waals surface area (Å²) in [5, 5.41) is 3.48. The zero-order valence-electron chi connectivity index (χ0n) is 24.7. The highest BCUT2D eigenvalue weighted by molar-refractivity contribution is 7.89. The van der Waals surface area contributed by atoms with Crippen LogP contribution in [0.4, 0.5) is 5.95 Å². The number of hydrogen-bond donors (Lipinski definition) is 2. The van der Waals surface area contributed by atoms with Gasteiger partial charge in [-0.1, -0.05) is 36.6 Å². The molecule has 10 nitrogen and oxygen atoms in total. The Hall–Kier alpha value is -2.32. The fourth-order valence-electron chi connectivity index (χ4n) is 5.99. The molecule has 240 valence electrons. The predicted octanol–water partition coefficient (Wildman–Crippen LogP) is 5.19. The minimum atomic E-state index is -4.00. The molecule has 0 amide bonds. The number of sulfonamides is 2. The lowest BCUT2D eigenvalue weighted by Gasteiger charge is -2.35. The van der Waals surface area contributed by atoms with E-state index in [2.05, 4.69) is 15.3 Å². The SMILES string of the molecule is CNc1nccc(CN(C2CCC(N)CC2)S(=O)(=O)c2ccc(S(=O)(=O)N(Cc3ccc(Cl)cc3)C3CCCC3)cc2)n1.Cl. The van der Waals surface area contributed by atoms with Crippen molar-refractivity contribution in [2.75, 3.05) is 12.4 Å². The molecule has 2 aromatic carbocycles. The number of nitrogens with two attached hydrogens (primary N) is 1. The Morgan fingerprint density at radius 1 is 0.795 bits per heavy atom. The van der Waals surface area contributed by atoms with E-state index in [1.807, 2.05) is 12.1 Å². The van der Waals surface area contributed by atoms with Gasteiger partial charge in [0, 0.05) is 42.9 Å². The fourth-order valence-corrected chi connectivity index (χ4v) is 9.45. The van der Waals surface area contributed by atoms with Gasteiger partial charge in [0.15, 0.2) is 0 Å². The van der Waals surface area contributed by atoms with E-state index >= 15 is 0 Å². The van der Waals surface area contributed by atoms with Crippen molar-refractivity contribution in [3.05, 3.63) is 77.1 Å². The average molecular weight is 684 g/mol. The van der Waals surface area contributed by atoms with Crippen LogP contribution in [0, 0.1) is 0 Å². The van der Waals surface area contributed by atoms with Crippen molar-refractivity contribution in [1.29, 1.82) is 0 Å². The normalized spacial score (nSPS) is 19.7. The van der Waals surface area contributed by atoms with Crippen LogP contribution >= 0.6 is 24.0 Å². The number of aromatic nitrogens is 2. The van der Waals surface area contributed by atoms with E-state index < -0.39 is 20.0 Å². The molecule has 2 saturated carbocycles. The van der Waals surface area contributed by atoms with Crippen LogP contribution in [0.5, 0.6) is 0 Å². The monoisotopic (exact) mass is 682 g/mol. The van der Waals surface area contributed by atoms with E-state index in [0.717, 1.165) is 44.1 Å². The molecule has 1 aromatic heterocycles. The molecule has 44 heavy (non-hydrogen) atoms. The van der Waals surface area contributed by atoms with E-state index in [1.165, 1.54) is 28.6 Å². The Labute approximate surface area is 271 Å². The molecule has 0 radical (unpaired) electrons. The third-order valence-electron chi connectivity index (χ3n) is 8.42. The number of halogens is 2. The molecule has 3 aromatic rings. The molecule has 0 unspecified atom stereocenters. The van der Waals surface area contributed by atoms with E-state index in [4.69, 9.17) is 17.3 Å². The summed E-state index contributed by atoms with van der Waals surface area (Å²) in [6.45, 7) is 0.283. The first kappa shape index (κ1) is 34.6. The maximum Gasteiger partial charge on any atom is 0.243 e. The third kappa shape index (κ3) is 7.90. The third-order valence-corrected chi connectivity index (χ3v) is 12.5. The summed E-state index contributed by atoms with van der Waals surface area (Å²) in [7, 11) is -6.20. The van der Waals surface area contributed by atoms with Crippen LogP contribution in [-0.4, -0.2) is 60.6 Å². The van der Waals surface area contributed by atoms with Gasteiger partial charge in [-0.2, -0.15) is 8.61 Å². The predicted molar refractivity (Wildman–Crippen MR) is 175 cm³/mol. The Morgan fingerprint density at radius 3 is 1.86 bits per heavy atom. The molecular weight excluding hydrogens is 643 g/mol. The highest BCUT2D eigenvalue weighted by atomic mass is 35.5. The minimum Gasteiger partial charge on any atom is -0.357 e. The molecule has 0 atom stereocenters. The maximum atomic E-state index is 14.1. The first-order chi connectivity index (χ1) is 20.6. The topological polar surface area (TPSA) is 139 Å². The van der Waals surface area contributed by atoms with Gasteiger partial charge in [-0.25, -0.2) is 26.8 Å². The molecule has 0 aliphatic heterocycles. The van der Waals surface area contributed by atoms with Crippen molar-refractivity contribution >= 4 is 50.0 Å². The van der Waals surface area contributed by atoms with E-state index in [1.54, 1.807) is 35.7 Å². The van der Waals surface area contributed by atoms with Crippen LogP contribution in [0.25, 0.3) is 0 Å². The van der Waals surface area contributed by atoms with Gasteiger partial charge < -0.3 is 11.1 Å². The second kappa shape index (κ2) is 14.8. The molecule has 2 fully saturated rings. The van der Waals surface area contributed by atoms with Crippen molar-refractivity contribution in [3.8, 4) is 0 Å². The highest BCUT2D eigenvalue weighted by Gasteiger charge is 2.36. The second-order valence-electron chi connectivity index (χ2n) is 11.3. The van der Waals surface area contributed by atoms with Crippen LogP contribution in [0.3, 0.4) is 0 Å². The highest BCUT2D eigenvalue weighted by Crippen LogP contribution is 2.33. The zero-order valence-corrected chi connectivity index (χ0v) is 27.9.